The van der Waals surface area contributed by atoms with Gasteiger partial charge in [0, 0.05) is 18.0 Å². The Bertz CT molecular complexity index is 561. The van der Waals surface area contributed by atoms with Crippen LogP contribution in [-0.2, 0) is 5.75 Å². The summed E-state index contributed by atoms with van der Waals surface area (Å²) in [7, 11) is 1.98. The Hall–Kier alpha value is -1.32. The summed E-state index contributed by atoms with van der Waals surface area (Å²) < 4.78 is 0. The molecule has 0 bridgehead atoms. The molecule has 0 aliphatic heterocycles. The van der Waals surface area contributed by atoms with Crippen molar-refractivity contribution in [2.75, 3.05) is 7.05 Å². The number of hydrogen-bond donors (Lipinski definition) is 1. The van der Waals surface area contributed by atoms with Crippen molar-refractivity contribution in [3.63, 3.8) is 0 Å². The number of hydrogen-bond acceptors (Lipinski definition) is 3. The van der Waals surface area contributed by atoms with E-state index in [1.54, 1.807) is 11.8 Å². The van der Waals surface area contributed by atoms with Crippen LogP contribution in [0.15, 0.2) is 41.6 Å². The molecule has 106 valence electrons. The minimum Gasteiger partial charge on any atom is -0.313 e. The Morgan fingerprint density at radius 3 is 2.50 bits per heavy atom. The van der Waals surface area contributed by atoms with E-state index in [1.165, 1.54) is 22.3 Å². The van der Waals surface area contributed by atoms with Crippen molar-refractivity contribution in [2.24, 2.45) is 0 Å². The molecule has 0 radical (unpaired) electrons. The monoisotopic (exact) mass is 286 g/mol. The minimum atomic E-state index is 0.360. The molecule has 0 spiro atoms. The van der Waals surface area contributed by atoms with Gasteiger partial charge in [-0.2, -0.15) is 0 Å². The number of nitrogens with one attached hydrogen (secondary N) is 1. The molecule has 0 amide bonds. The average molecular weight is 286 g/mol. The first-order valence-corrected chi connectivity index (χ1v) is 7.90. The third-order valence-electron chi connectivity index (χ3n) is 3.36. The maximum atomic E-state index is 4.45. The highest BCUT2D eigenvalue weighted by molar-refractivity contribution is 7.98. The van der Waals surface area contributed by atoms with E-state index in [2.05, 4.69) is 61.4 Å². The number of pyridine rings is 1. The van der Waals surface area contributed by atoms with E-state index in [-0.39, 0.29) is 0 Å². The maximum absolute atomic E-state index is 4.45. The molecule has 2 rings (SSSR count). The van der Waals surface area contributed by atoms with Crippen LogP contribution in [0.4, 0.5) is 0 Å². The van der Waals surface area contributed by atoms with Crippen LogP contribution in [0.1, 0.15) is 35.2 Å². The van der Waals surface area contributed by atoms with Crippen molar-refractivity contribution in [1.29, 1.82) is 0 Å². The van der Waals surface area contributed by atoms with Gasteiger partial charge in [-0.05, 0) is 51.1 Å². The molecule has 0 saturated heterocycles. The predicted octanol–water partition coefficient (Wildman–Crippen LogP) is 4.27. The van der Waals surface area contributed by atoms with E-state index in [1.807, 2.05) is 13.2 Å². The first kappa shape index (κ1) is 15.1. The molecule has 1 unspecified atom stereocenters. The number of aryl methyl sites for hydroxylation is 2. The normalized spacial score (nSPS) is 12.4. The first-order valence-electron chi connectivity index (χ1n) is 6.91. The molecular weight excluding hydrogens is 264 g/mol. The second-order valence-corrected chi connectivity index (χ2v) is 6.22. The summed E-state index contributed by atoms with van der Waals surface area (Å²) in [6.07, 6.45) is 1.90. The van der Waals surface area contributed by atoms with Crippen LogP contribution in [-0.4, -0.2) is 12.0 Å². The van der Waals surface area contributed by atoms with Gasteiger partial charge in [0.2, 0.25) is 0 Å². The van der Waals surface area contributed by atoms with E-state index in [4.69, 9.17) is 0 Å². The van der Waals surface area contributed by atoms with Crippen LogP contribution in [0.3, 0.4) is 0 Å². The summed E-state index contributed by atoms with van der Waals surface area (Å²) >= 11 is 1.79. The highest BCUT2D eigenvalue weighted by Crippen LogP contribution is 2.24. The zero-order valence-corrected chi connectivity index (χ0v) is 13.4. The minimum absolute atomic E-state index is 0.360. The molecular formula is C17H22N2S. The molecule has 0 aliphatic carbocycles. The van der Waals surface area contributed by atoms with Crippen LogP contribution in [0, 0.1) is 13.8 Å². The van der Waals surface area contributed by atoms with Gasteiger partial charge in [0.15, 0.2) is 0 Å². The van der Waals surface area contributed by atoms with Crippen molar-refractivity contribution >= 4 is 11.8 Å². The Morgan fingerprint density at radius 1 is 1.15 bits per heavy atom. The third kappa shape index (κ3) is 4.09. The lowest BCUT2D eigenvalue weighted by molar-refractivity contribution is 0.649. The fourth-order valence-corrected chi connectivity index (χ4v) is 3.09. The molecule has 1 N–H and O–H groups in total. The Morgan fingerprint density at radius 2 is 1.85 bits per heavy atom. The quantitative estimate of drug-likeness (QED) is 0.831. The Labute approximate surface area is 126 Å². The van der Waals surface area contributed by atoms with Crippen LogP contribution in [0.2, 0.25) is 0 Å². The van der Waals surface area contributed by atoms with Crippen LogP contribution >= 0.6 is 11.8 Å². The van der Waals surface area contributed by atoms with Crippen molar-refractivity contribution < 1.29 is 0 Å². The van der Waals surface area contributed by atoms with E-state index in [0.29, 0.717) is 6.04 Å². The van der Waals surface area contributed by atoms with Crippen molar-refractivity contribution in [1.82, 2.24) is 10.3 Å². The van der Waals surface area contributed by atoms with Gasteiger partial charge in [0.1, 0.15) is 0 Å². The number of benzene rings is 1. The first-order chi connectivity index (χ1) is 9.58. The fourth-order valence-electron chi connectivity index (χ4n) is 2.25. The Kier molecular flexibility index (Phi) is 5.21. The van der Waals surface area contributed by atoms with Gasteiger partial charge in [-0.25, -0.2) is 4.98 Å². The van der Waals surface area contributed by atoms with Crippen LogP contribution in [0.5, 0.6) is 0 Å². The summed E-state index contributed by atoms with van der Waals surface area (Å²) in [6.45, 7) is 6.46. The molecule has 0 aliphatic rings. The van der Waals surface area contributed by atoms with E-state index in [0.717, 1.165) is 10.8 Å². The van der Waals surface area contributed by atoms with Crippen LogP contribution in [0.25, 0.3) is 0 Å². The fraction of sp³-hybridized carbons (Fsp3) is 0.353. The molecule has 2 nitrogen and oxygen atoms in total. The van der Waals surface area contributed by atoms with Crippen LogP contribution < -0.4 is 5.32 Å². The van der Waals surface area contributed by atoms with Gasteiger partial charge in [-0.15, -0.1) is 11.8 Å². The third-order valence-corrected chi connectivity index (χ3v) is 4.36. The van der Waals surface area contributed by atoms with Gasteiger partial charge >= 0.3 is 0 Å². The lowest BCUT2D eigenvalue weighted by Gasteiger charge is -2.11. The molecule has 20 heavy (non-hydrogen) atoms. The largest absolute Gasteiger partial charge is 0.313 e. The summed E-state index contributed by atoms with van der Waals surface area (Å²) in [5.74, 6) is 0.965. The SMILES string of the molecule is CNC(C)c1ccnc(SCc2cc(C)cc(C)c2)c1. The number of aromatic nitrogens is 1. The van der Waals surface area contributed by atoms with E-state index >= 15 is 0 Å². The predicted molar refractivity (Wildman–Crippen MR) is 87.2 cm³/mol. The highest BCUT2D eigenvalue weighted by Gasteiger charge is 2.05. The van der Waals surface area contributed by atoms with Gasteiger partial charge in [-0.1, -0.05) is 29.3 Å². The number of nitrogens with zero attached hydrogens (tertiary/aromatic N) is 1. The standard InChI is InChI=1S/C17H22N2S/c1-12-7-13(2)9-15(8-12)11-20-17-10-16(5-6-19-17)14(3)18-4/h5-10,14,18H,11H2,1-4H3. The molecule has 1 heterocycles. The van der Waals surface area contributed by atoms with Crippen molar-refractivity contribution in [3.8, 4) is 0 Å². The highest BCUT2D eigenvalue weighted by atomic mass is 32.2. The smallest absolute Gasteiger partial charge is 0.0966 e. The summed E-state index contributed by atoms with van der Waals surface area (Å²) in [5, 5.41) is 4.35. The molecule has 0 saturated carbocycles. The summed E-state index contributed by atoms with van der Waals surface area (Å²) in [5.41, 5.74) is 5.30. The summed E-state index contributed by atoms with van der Waals surface area (Å²) in [6, 6.07) is 11.3. The van der Waals surface area contributed by atoms with Gasteiger partial charge < -0.3 is 5.32 Å². The molecule has 2 aromatic rings. The summed E-state index contributed by atoms with van der Waals surface area (Å²) in [4.78, 5) is 4.45. The van der Waals surface area contributed by atoms with Crippen molar-refractivity contribution in [2.45, 2.75) is 37.6 Å². The second-order valence-electron chi connectivity index (χ2n) is 5.22. The zero-order valence-electron chi connectivity index (χ0n) is 12.6. The molecule has 1 aromatic carbocycles. The lowest BCUT2D eigenvalue weighted by Crippen LogP contribution is -2.12. The average Bonchev–Trinajstić information content (AvgIpc) is 2.43. The second kappa shape index (κ2) is 6.91. The molecule has 1 aromatic heterocycles. The molecule has 1 atom stereocenters. The maximum Gasteiger partial charge on any atom is 0.0966 e. The topological polar surface area (TPSA) is 24.9 Å². The van der Waals surface area contributed by atoms with Gasteiger partial charge in [-0.3, -0.25) is 0 Å². The molecule has 0 fully saturated rings. The van der Waals surface area contributed by atoms with Gasteiger partial charge in [0.05, 0.1) is 5.03 Å². The van der Waals surface area contributed by atoms with Gasteiger partial charge in [0.25, 0.3) is 0 Å². The lowest BCUT2D eigenvalue weighted by atomic mass is 10.1. The molecule has 3 heteroatoms. The zero-order chi connectivity index (χ0) is 14.5. The number of rotatable bonds is 5. The number of thioether (sulfide) groups is 1. The van der Waals surface area contributed by atoms with Crippen molar-refractivity contribution in [3.05, 3.63) is 58.8 Å². The Balaban J connectivity index is 2.07. The van der Waals surface area contributed by atoms with E-state index < -0.39 is 0 Å². The van der Waals surface area contributed by atoms with E-state index in [9.17, 15) is 0 Å².